The van der Waals surface area contributed by atoms with Crippen molar-refractivity contribution in [1.29, 1.82) is 0 Å². The van der Waals surface area contributed by atoms with Gasteiger partial charge in [0.05, 0.1) is 9.79 Å². The fourth-order valence-electron chi connectivity index (χ4n) is 5.37. The van der Waals surface area contributed by atoms with Crippen LogP contribution < -0.4 is 11.5 Å². The molecule has 7 nitrogen and oxygen atoms in total. The summed E-state index contributed by atoms with van der Waals surface area (Å²) in [6.07, 6.45) is 3.46. The summed E-state index contributed by atoms with van der Waals surface area (Å²) in [5, 5.41) is -2.31. The lowest BCUT2D eigenvalue weighted by Crippen LogP contribution is -2.37. The molecule has 2 unspecified atom stereocenters. The van der Waals surface area contributed by atoms with Crippen molar-refractivity contribution in [3.8, 4) is 0 Å². The van der Waals surface area contributed by atoms with Gasteiger partial charge in [-0.2, -0.15) is 0 Å². The van der Waals surface area contributed by atoms with E-state index in [1.54, 1.807) is 12.1 Å². The van der Waals surface area contributed by atoms with Crippen LogP contribution in [0.3, 0.4) is 0 Å². The summed E-state index contributed by atoms with van der Waals surface area (Å²) < 4.78 is 54.6. The van der Waals surface area contributed by atoms with Crippen LogP contribution >= 0.6 is 23.2 Å². The smallest absolute Gasteiger partial charge is 0.198 e. The highest BCUT2D eigenvalue weighted by Crippen LogP contribution is 2.38. The molecule has 0 radical (unpaired) electrons. The minimum absolute atomic E-state index is 0.0140. The largest absolute Gasteiger partial charge is 0.311 e. The first-order chi connectivity index (χ1) is 18.9. The molecular formula is C29H35Cl2N3O4S2. The maximum Gasteiger partial charge on any atom is 0.198 e. The molecule has 0 aromatic heterocycles. The van der Waals surface area contributed by atoms with Crippen LogP contribution in [0.25, 0.3) is 0 Å². The highest BCUT2D eigenvalue weighted by Gasteiger charge is 2.36. The SMILES string of the molecule is CCCN(CCC)C1Cc2cc(C(N)S(=O)(=O)c3ccc(Cl)cc3)c(C(N)S(=O)(=O)c3ccc(Cl)cc3)cc2C1. The molecule has 3 aromatic rings. The minimum atomic E-state index is -4.10. The Bertz CT molecular complexity index is 1450. The molecule has 0 saturated carbocycles. The van der Waals surface area contributed by atoms with Gasteiger partial charge in [-0.3, -0.25) is 4.90 Å². The maximum absolute atomic E-state index is 13.6. The van der Waals surface area contributed by atoms with E-state index in [0.717, 1.165) is 49.9 Å². The number of halogens is 2. The van der Waals surface area contributed by atoms with Crippen LogP contribution in [0, 0.1) is 0 Å². The third-order valence-corrected chi connectivity index (χ3v) is 11.6. The van der Waals surface area contributed by atoms with Crippen molar-refractivity contribution in [2.45, 2.75) is 66.1 Å². The molecule has 0 bridgehead atoms. The van der Waals surface area contributed by atoms with Crippen LogP contribution in [0.2, 0.25) is 10.0 Å². The average molecular weight is 625 g/mol. The lowest BCUT2D eigenvalue weighted by molar-refractivity contribution is 0.202. The first-order valence-electron chi connectivity index (χ1n) is 13.3. The molecule has 0 spiro atoms. The van der Waals surface area contributed by atoms with Gasteiger partial charge >= 0.3 is 0 Å². The third-order valence-electron chi connectivity index (χ3n) is 7.42. The third kappa shape index (κ3) is 6.26. The zero-order chi connectivity index (χ0) is 29.2. The Balaban J connectivity index is 1.83. The molecule has 0 heterocycles. The molecule has 40 heavy (non-hydrogen) atoms. The summed E-state index contributed by atoms with van der Waals surface area (Å²) in [6.45, 7) is 6.17. The van der Waals surface area contributed by atoms with E-state index in [0.29, 0.717) is 10.0 Å². The molecule has 1 aliphatic carbocycles. The van der Waals surface area contributed by atoms with E-state index in [4.69, 9.17) is 34.7 Å². The van der Waals surface area contributed by atoms with Crippen LogP contribution in [-0.2, 0) is 32.5 Å². The Kier molecular flexibility index (Phi) is 9.67. The number of fused-ring (bicyclic) bond motifs is 1. The first kappa shape index (κ1) is 31.0. The second kappa shape index (κ2) is 12.5. The molecule has 0 fully saturated rings. The van der Waals surface area contributed by atoms with Crippen LogP contribution in [0.5, 0.6) is 0 Å². The van der Waals surface area contributed by atoms with Crippen molar-refractivity contribution >= 4 is 42.9 Å². The van der Waals surface area contributed by atoms with Gasteiger partial charge in [0, 0.05) is 16.1 Å². The maximum atomic E-state index is 13.6. The van der Waals surface area contributed by atoms with Crippen LogP contribution in [0.1, 0.15) is 59.7 Å². The lowest BCUT2D eigenvalue weighted by atomic mass is 9.99. The van der Waals surface area contributed by atoms with Crippen molar-refractivity contribution < 1.29 is 16.8 Å². The van der Waals surface area contributed by atoms with Crippen LogP contribution in [0.4, 0.5) is 0 Å². The number of rotatable bonds is 11. The number of hydrogen-bond acceptors (Lipinski definition) is 7. The number of nitrogens with zero attached hydrogens (tertiary/aromatic N) is 1. The zero-order valence-electron chi connectivity index (χ0n) is 22.6. The number of benzene rings is 3. The lowest BCUT2D eigenvalue weighted by Gasteiger charge is -2.27. The van der Waals surface area contributed by atoms with Gasteiger partial charge in [-0.05, 0) is 110 Å². The standard InChI is InChI=1S/C29H35Cl2N3O4S2/c1-3-13-34(14-4-2)23-15-19-17-26(28(32)39(35,36)24-9-5-21(30)6-10-24)27(18-20(19)16-23)29(33)40(37,38)25-11-7-22(31)8-12-25/h5-12,17-18,23,28-29H,3-4,13-16,32-33H2,1-2H3. The fraction of sp³-hybridized carbons (Fsp3) is 0.379. The van der Waals surface area contributed by atoms with Gasteiger partial charge in [0.15, 0.2) is 19.7 Å². The summed E-state index contributed by atoms with van der Waals surface area (Å²) in [4.78, 5) is 2.41. The fourth-order valence-corrected chi connectivity index (χ4v) is 8.31. The molecule has 0 aliphatic heterocycles. The second-order valence-electron chi connectivity index (χ2n) is 10.2. The molecule has 4 rings (SSSR count). The Morgan fingerprint density at radius 3 is 1.40 bits per heavy atom. The highest BCUT2D eigenvalue weighted by atomic mass is 35.5. The van der Waals surface area contributed by atoms with Crippen molar-refractivity contribution in [1.82, 2.24) is 4.90 Å². The number of sulfone groups is 2. The second-order valence-corrected chi connectivity index (χ2v) is 15.2. The van der Waals surface area contributed by atoms with E-state index in [-0.39, 0.29) is 27.0 Å². The molecule has 0 amide bonds. The zero-order valence-corrected chi connectivity index (χ0v) is 25.7. The van der Waals surface area contributed by atoms with Gasteiger partial charge in [0.2, 0.25) is 0 Å². The summed E-state index contributed by atoms with van der Waals surface area (Å²) >= 11 is 11.9. The van der Waals surface area contributed by atoms with Gasteiger partial charge in [0.1, 0.15) is 10.7 Å². The summed E-state index contributed by atoms with van der Waals surface area (Å²) in [5.41, 5.74) is 15.2. The molecule has 11 heteroatoms. The molecule has 4 N–H and O–H groups in total. The predicted octanol–water partition coefficient (Wildman–Crippen LogP) is 5.45. The topological polar surface area (TPSA) is 124 Å². The van der Waals surface area contributed by atoms with Crippen LogP contribution in [0.15, 0.2) is 70.5 Å². The normalized spacial score (nSPS) is 17.1. The van der Waals surface area contributed by atoms with Gasteiger partial charge in [-0.1, -0.05) is 49.2 Å². The quantitative estimate of drug-likeness (QED) is 0.291. The van der Waals surface area contributed by atoms with Crippen molar-refractivity contribution in [3.63, 3.8) is 0 Å². The molecule has 1 aliphatic rings. The summed E-state index contributed by atoms with van der Waals surface area (Å²) in [5.74, 6) is 0. The number of hydrogen-bond donors (Lipinski definition) is 2. The molecule has 2 atom stereocenters. The van der Waals surface area contributed by atoms with E-state index < -0.39 is 30.4 Å². The van der Waals surface area contributed by atoms with Gasteiger partial charge in [-0.15, -0.1) is 0 Å². The van der Waals surface area contributed by atoms with Crippen molar-refractivity contribution in [2.75, 3.05) is 13.1 Å². The van der Waals surface area contributed by atoms with E-state index in [2.05, 4.69) is 18.7 Å². The Labute approximate surface area is 247 Å². The van der Waals surface area contributed by atoms with Crippen molar-refractivity contribution in [2.24, 2.45) is 11.5 Å². The minimum Gasteiger partial charge on any atom is -0.311 e. The first-order valence-corrected chi connectivity index (χ1v) is 17.1. The Morgan fingerprint density at radius 2 is 1.07 bits per heavy atom. The molecule has 216 valence electrons. The van der Waals surface area contributed by atoms with E-state index in [1.165, 1.54) is 48.5 Å². The molecule has 0 saturated heterocycles. The predicted molar refractivity (Wildman–Crippen MR) is 161 cm³/mol. The van der Waals surface area contributed by atoms with Gasteiger partial charge in [-0.25, -0.2) is 16.8 Å². The van der Waals surface area contributed by atoms with E-state index in [1.807, 2.05) is 0 Å². The Morgan fingerprint density at radius 1 is 0.725 bits per heavy atom. The van der Waals surface area contributed by atoms with E-state index in [9.17, 15) is 16.8 Å². The van der Waals surface area contributed by atoms with E-state index >= 15 is 0 Å². The van der Waals surface area contributed by atoms with Crippen LogP contribution in [-0.4, -0.2) is 40.9 Å². The van der Waals surface area contributed by atoms with Gasteiger partial charge < -0.3 is 11.5 Å². The molecular weight excluding hydrogens is 589 g/mol. The average Bonchev–Trinajstić information content (AvgIpc) is 3.35. The monoisotopic (exact) mass is 623 g/mol. The summed E-state index contributed by atoms with van der Waals surface area (Å²) in [7, 11) is -8.21. The Hall–Kier alpha value is -1.98. The highest BCUT2D eigenvalue weighted by molar-refractivity contribution is 7.92. The number of nitrogens with two attached hydrogens (primary N) is 2. The summed E-state index contributed by atoms with van der Waals surface area (Å²) in [6, 6.07) is 15.2. The van der Waals surface area contributed by atoms with Gasteiger partial charge in [0.25, 0.3) is 0 Å². The molecule has 3 aromatic carbocycles. The van der Waals surface area contributed by atoms with Crippen molar-refractivity contribution in [3.05, 3.63) is 93.0 Å².